The van der Waals surface area contributed by atoms with E-state index in [4.69, 9.17) is 5.11 Å². The lowest BCUT2D eigenvalue weighted by Crippen LogP contribution is -2.26. The molecule has 110 valence electrons. The van der Waals surface area contributed by atoms with Crippen molar-refractivity contribution in [2.24, 2.45) is 0 Å². The van der Waals surface area contributed by atoms with Gasteiger partial charge in [-0.1, -0.05) is 0 Å². The minimum Gasteiger partial charge on any atom is -0.478 e. The van der Waals surface area contributed by atoms with Gasteiger partial charge in [0.1, 0.15) is 5.69 Å². The standard InChI is InChI=1S/C10H13N3O6S/c1-11-20(18,19)5-4-12-8-3-2-7(10(14)15)6-9(8)13(16)17/h2-3,6,11-12H,4-5H2,1H3,(H,14,15). The van der Waals surface area contributed by atoms with Crippen LogP contribution in [0.1, 0.15) is 10.4 Å². The number of hydrogen-bond acceptors (Lipinski definition) is 6. The molecule has 0 aliphatic rings. The molecule has 20 heavy (non-hydrogen) atoms. The average Bonchev–Trinajstić information content (AvgIpc) is 2.38. The van der Waals surface area contributed by atoms with Gasteiger partial charge in [-0.2, -0.15) is 0 Å². The maximum atomic E-state index is 11.2. The Morgan fingerprint density at radius 2 is 2.10 bits per heavy atom. The lowest BCUT2D eigenvalue weighted by atomic mass is 10.1. The van der Waals surface area contributed by atoms with Crippen molar-refractivity contribution in [1.29, 1.82) is 0 Å². The van der Waals surface area contributed by atoms with Crippen molar-refractivity contribution in [3.05, 3.63) is 33.9 Å². The number of rotatable bonds is 7. The molecule has 0 radical (unpaired) electrons. The molecule has 0 amide bonds. The predicted molar refractivity (Wildman–Crippen MR) is 71.4 cm³/mol. The minimum atomic E-state index is -3.42. The maximum Gasteiger partial charge on any atom is 0.335 e. The zero-order valence-electron chi connectivity index (χ0n) is 10.5. The third-order valence-corrected chi connectivity index (χ3v) is 3.80. The third-order valence-electron chi connectivity index (χ3n) is 2.44. The SMILES string of the molecule is CNS(=O)(=O)CCNc1ccc(C(=O)O)cc1[N+](=O)[O-]. The van der Waals surface area contributed by atoms with E-state index in [0.29, 0.717) is 0 Å². The smallest absolute Gasteiger partial charge is 0.335 e. The second-order valence-electron chi connectivity index (χ2n) is 3.74. The Morgan fingerprint density at radius 3 is 2.60 bits per heavy atom. The molecule has 1 aromatic carbocycles. The molecule has 0 saturated heterocycles. The van der Waals surface area contributed by atoms with Gasteiger partial charge in [0.15, 0.2) is 0 Å². The van der Waals surface area contributed by atoms with Gasteiger partial charge in [0.25, 0.3) is 5.69 Å². The van der Waals surface area contributed by atoms with Crippen molar-refractivity contribution >= 4 is 27.4 Å². The maximum absolute atomic E-state index is 11.2. The molecule has 0 spiro atoms. The first-order valence-electron chi connectivity index (χ1n) is 5.43. The summed E-state index contributed by atoms with van der Waals surface area (Å²) in [5, 5.41) is 22.2. The van der Waals surface area contributed by atoms with Gasteiger partial charge in [0, 0.05) is 12.6 Å². The molecule has 0 fully saturated rings. The second-order valence-corrected chi connectivity index (χ2v) is 5.79. The zero-order chi connectivity index (χ0) is 15.3. The predicted octanol–water partition coefficient (Wildman–Crippen LogP) is 0.254. The summed E-state index contributed by atoms with van der Waals surface area (Å²) < 4.78 is 24.5. The van der Waals surface area contributed by atoms with Crippen LogP contribution in [0.5, 0.6) is 0 Å². The summed E-state index contributed by atoms with van der Waals surface area (Å²) in [6.45, 7) is -0.0452. The van der Waals surface area contributed by atoms with E-state index >= 15 is 0 Å². The molecular formula is C10H13N3O6S. The quantitative estimate of drug-likeness (QED) is 0.484. The fraction of sp³-hybridized carbons (Fsp3) is 0.300. The fourth-order valence-corrected chi connectivity index (χ4v) is 1.96. The summed E-state index contributed by atoms with van der Waals surface area (Å²) in [5.41, 5.74) is -0.580. The van der Waals surface area contributed by atoms with Crippen molar-refractivity contribution < 1.29 is 23.2 Å². The van der Waals surface area contributed by atoms with E-state index in [1.54, 1.807) is 0 Å². The number of carbonyl (C=O) groups is 1. The van der Waals surface area contributed by atoms with Gasteiger partial charge in [0.05, 0.1) is 16.2 Å². The highest BCUT2D eigenvalue weighted by Crippen LogP contribution is 2.25. The Labute approximate surface area is 114 Å². The van der Waals surface area contributed by atoms with E-state index < -0.39 is 26.6 Å². The normalized spacial score (nSPS) is 11.1. The van der Waals surface area contributed by atoms with E-state index in [1.807, 2.05) is 0 Å². The largest absolute Gasteiger partial charge is 0.478 e. The van der Waals surface area contributed by atoms with Gasteiger partial charge < -0.3 is 10.4 Å². The summed E-state index contributed by atoms with van der Waals surface area (Å²) in [5.74, 6) is -1.54. The highest BCUT2D eigenvalue weighted by atomic mass is 32.2. The molecule has 9 nitrogen and oxygen atoms in total. The molecule has 1 aromatic rings. The van der Waals surface area contributed by atoms with E-state index in [-0.39, 0.29) is 23.5 Å². The van der Waals surface area contributed by atoms with Crippen molar-refractivity contribution in [2.75, 3.05) is 24.7 Å². The summed E-state index contributed by atoms with van der Waals surface area (Å²) in [6, 6.07) is 3.34. The molecule has 0 heterocycles. The number of aromatic carboxylic acids is 1. The van der Waals surface area contributed by atoms with Crippen LogP contribution in [0, 0.1) is 10.1 Å². The Morgan fingerprint density at radius 1 is 1.45 bits per heavy atom. The molecule has 0 atom stereocenters. The molecule has 0 unspecified atom stereocenters. The van der Waals surface area contributed by atoms with Crippen LogP contribution in [0.4, 0.5) is 11.4 Å². The molecule has 0 bridgehead atoms. The van der Waals surface area contributed by atoms with Gasteiger partial charge in [0.2, 0.25) is 10.0 Å². The van der Waals surface area contributed by atoms with Gasteiger partial charge >= 0.3 is 5.97 Å². The van der Waals surface area contributed by atoms with Gasteiger partial charge in [-0.25, -0.2) is 17.9 Å². The summed E-state index contributed by atoms with van der Waals surface area (Å²) in [6.07, 6.45) is 0. The second kappa shape index (κ2) is 6.30. The number of carboxylic acids is 1. The van der Waals surface area contributed by atoms with Crippen molar-refractivity contribution in [3.63, 3.8) is 0 Å². The Bertz CT molecular complexity index is 628. The van der Waals surface area contributed by atoms with Crippen molar-refractivity contribution in [1.82, 2.24) is 4.72 Å². The van der Waals surface area contributed by atoms with Crippen molar-refractivity contribution in [2.45, 2.75) is 0 Å². The van der Waals surface area contributed by atoms with Crippen LogP contribution in [0.2, 0.25) is 0 Å². The molecular weight excluding hydrogens is 290 g/mol. The zero-order valence-corrected chi connectivity index (χ0v) is 11.3. The number of nitrogens with one attached hydrogen (secondary N) is 2. The number of nitro groups is 1. The van der Waals surface area contributed by atoms with E-state index in [1.165, 1.54) is 19.2 Å². The first-order chi connectivity index (χ1) is 9.26. The first-order valence-corrected chi connectivity index (χ1v) is 7.09. The number of hydrogen-bond donors (Lipinski definition) is 3. The van der Waals surface area contributed by atoms with Crippen LogP contribution < -0.4 is 10.0 Å². The van der Waals surface area contributed by atoms with Gasteiger partial charge in [-0.05, 0) is 19.2 Å². The topological polar surface area (TPSA) is 139 Å². The molecule has 0 aliphatic carbocycles. The van der Waals surface area contributed by atoms with Gasteiger partial charge in [-0.3, -0.25) is 10.1 Å². The monoisotopic (exact) mass is 303 g/mol. The summed E-state index contributed by atoms with van der Waals surface area (Å²) >= 11 is 0. The van der Waals surface area contributed by atoms with E-state index in [2.05, 4.69) is 10.0 Å². The average molecular weight is 303 g/mol. The fourth-order valence-electron chi connectivity index (χ4n) is 1.39. The highest BCUT2D eigenvalue weighted by Gasteiger charge is 2.17. The Hall–Kier alpha value is -2.20. The summed E-state index contributed by atoms with van der Waals surface area (Å²) in [7, 11) is -2.16. The van der Waals surface area contributed by atoms with Crippen LogP contribution in [-0.2, 0) is 10.0 Å². The number of anilines is 1. The van der Waals surface area contributed by atoms with Crippen LogP contribution in [0.3, 0.4) is 0 Å². The summed E-state index contributed by atoms with van der Waals surface area (Å²) in [4.78, 5) is 20.9. The van der Waals surface area contributed by atoms with E-state index in [0.717, 1.165) is 6.07 Å². The number of nitrogens with zero attached hydrogens (tertiary/aromatic N) is 1. The third kappa shape index (κ3) is 4.17. The number of benzene rings is 1. The molecule has 3 N–H and O–H groups in total. The molecule has 1 rings (SSSR count). The first kappa shape index (κ1) is 15.9. The van der Waals surface area contributed by atoms with Crippen LogP contribution in [0.15, 0.2) is 18.2 Å². The number of sulfonamides is 1. The van der Waals surface area contributed by atoms with E-state index in [9.17, 15) is 23.3 Å². The Kier molecular flexibility index (Phi) is 5.00. The van der Waals surface area contributed by atoms with Crippen LogP contribution >= 0.6 is 0 Å². The van der Waals surface area contributed by atoms with Crippen LogP contribution in [0.25, 0.3) is 0 Å². The number of carboxylic acid groups (broad SMARTS) is 1. The molecule has 0 aliphatic heterocycles. The molecule has 0 saturated carbocycles. The Balaban J connectivity index is 2.90. The number of nitro benzene ring substituents is 1. The van der Waals surface area contributed by atoms with Crippen molar-refractivity contribution in [3.8, 4) is 0 Å². The van der Waals surface area contributed by atoms with Gasteiger partial charge in [-0.15, -0.1) is 0 Å². The lowest BCUT2D eigenvalue weighted by molar-refractivity contribution is -0.384. The highest BCUT2D eigenvalue weighted by molar-refractivity contribution is 7.89. The molecule has 10 heteroatoms. The molecule has 0 aromatic heterocycles. The lowest BCUT2D eigenvalue weighted by Gasteiger charge is -2.08. The minimum absolute atomic E-state index is 0.0452. The van der Waals surface area contributed by atoms with Crippen LogP contribution in [-0.4, -0.2) is 43.8 Å².